The van der Waals surface area contributed by atoms with Crippen LogP contribution in [0.25, 0.3) is 0 Å². The van der Waals surface area contributed by atoms with Crippen LogP contribution in [0.15, 0.2) is 29.4 Å². The number of ether oxygens (including phenoxy) is 1. The second-order valence-electron chi connectivity index (χ2n) is 3.50. The molecule has 1 aromatic carbocycles. The highest BCUT2D eigenvalue weighted by molar-refractivity contribution is 9.18. The predicted octanol–water partition coefficient (Wildman–Crippen LogP) is 3.11. The van der Waals surface area contributed by atoms with Gasteiger partial charge in [0, 0.05) is 0 Å². The number of methoxy groups -OCH3 is 1. The molecule has 0 spiro atoms. The maximum Gasteiger partial charge on any atom is 0.161 e. The number of benzene rings is 1. The quantitative estimate of drug-likeness (QED) is 0.826. The summed E-state index contributed by atoms with van der Waals surface area (Å²) in [7, 11) is 1.66. The van der Waals surface area contributed by atoms with E-state index in [4.69, 9.17) is 9.57 Å². The van der Waals surface area contributed by atoms with Crippen LogP contribution in [0, 0.1) is 5.92 Å². The fourth-order valence-corrected chi connectivity index (χ4v) is 1.87. The third kappa shape index (κ3) is 2.00. The lowest BCUT2D eigenvalue weighted by Crippen LogP contribution is -2.09. The van der Waals surface area contributed by atoms with Gasteiger partial charge in [0.2, 0.25) is 0 Å². The fourth-order valence-electron chi connectivity index (χ4n) is 1.55. The van der Waals surface area contributed by atoms with Gasteiger partial charge >= 0.3 is 0 Å². The first-order valence-corrected chi connectivity index (χ1v) is 5.55. The van der Waals surface area contributed by atoms with Crippen molar-refractivity contribution in [2.75, 3.05) is 7.11 Å². The Kier molecular flexibility index (Phi) is 2.95. The standard InChI is InChI=1S/C11H12BrNO2/c1-7-10(15-13-11(7)12)8-3-5-9(14-2)6-4-8/h3-7,10H,1-2H3. The molecule has 0 radical (unpaired) electrons. The lowest BCUT2D eigenvalue weighted by molar-refractivity contribution is 0.0652. The zero-order chi connectivity index (χ0) is 10.8. The molecule has 15 heavy (non-hydrogen) atoms. The van der Waals surface area contributed by atoms with Crippen LogP contribution in [0.3, 0.4) is 0 Å². The molecule has 2 atom stereocenters. The molecular weight excluding hydrogens is 258 g/mol. The molecule has 4 heteroatoms. The zero-order valence-electron chi connectivity index (χ0n) is 8.61. The molecule has 80 valence electrons. The van der Waals surface area contributed by atoms with Gasteiger partial charge in [0.25, 0.3) is 0 Å². The van der Waals surface area contributed by atoms with E-state index < -0.39 is 0 Å². The molecule has 2 rings (SSSR count). The molecule has 1 aliphatic rings. The maximum atomic E-state index is 5.34. The Labute approximate surface area is 97.2 Å². The minimum absolute atomic E-state index is 0.00489. The van der Waals surface area contributed by atoms with Crippen molar-refractivity contribution in [3.8, 4) is 5.75 Å². The molecule has 0 N–H and O–H groups in total. The third-order valence-electron chi connectivity index (χ3n) is 2.53. The van der Waals surface area contributed by atoms with E-state index in [1.165, 1.54) is 0 Å². The summed E-state index contributed by atoms with van der Waals surface area (Å²) in [6, 6.07) is 7.86. The highest BCUT2D eigenvalue weighted by Gasteiger charge is 2.30. The molecule has 0 saturated carbocycles. The van der Waals surface area contributed by atoms with Gasteiger partial charge in [0.15, 0.2) is 6.10 Å². The van der Waals surface area contributed by atoms with E-state index in [1.54, 1.807) is 7.11 Å². The van der Waals surface area contributed by atoms with E-state index in [0.29, 0.717) is 0 Å². The van der Waals surface area contributed by atoms with Gasteiger partial charge in [-0.2, -0.15) is 0 Å². The molecule has 0 saturated heterocycles. The number of oxime groups is 1. The van der Waals surface area contributed by atoms with E-state index in [9.17, 15) is 0 Å². The summed E-state index contributed by atoms with van der Waals surface area (Å²) in [6.07, 6.45) is 0.00489. The summed E-state index contributed by atoms with van der Waals surface area (Å²) >= 11 is 3.37. The first-order chi connectivity index (χ1) is 7.22. The molecule has 0 fully saturated rings. The summed E-state index contributed by atoms with van der Waals surface area (Å²) in [5.74, 6) is 1.11. The van der Waals surface area contributed by atoms with Crippen LogP contribution in [-0.4, -0.2) is 11.7 Å². The van der Waals surface area contributed by atoms with E-state index in [-0.39, 0.29) is 12.0 Å². The average molecular weight is 270 g/mol. The van der Waals surface area contributed by atoms with Gasteiger partial charge < -0.3 is 9.57 Å². The summed E-state index contributed by atoms with van der Waals surface area (Å²) in [4.78, 5) is 5.34. The average Bonchev–Trinajstić information content (AvgIpc) is 2.60. The van der Waals surface area contributed by atoms with Crippen LogP contribution in [0.5, 0.6) is 5.75 Å². The second kappa shape index (κ2) is 4.23. The molecule has 0 amide bonds. The molecular formula is C11H12BrNO2. The summed E-state index contributed by atoms with van der Waals surface area (Å²) in [5.41, 5.74) is 1.11. The van der Waals surface area contributed by atoms with Gasteiger partial charge in [-0.05, 0) is 33.6 Å². The Morgan fingerprint density at radius 3 is 2.47 bits per heavy atom. The Morgan fingerprint density at radius 1 is 1.33 bits per heavy atom. The van der Waals surface area contributed by atoms with E-state index >= 15 is 0 Å². The van der Waals surface area contributed by atoms with Crippen molar-refractivity contribution in [1.82, 2.24) is 0 Å². The van der Waals surface area contributed by atoms with E-state index in [0.717, 1.165) is 15.9 Å². The molecule has 1 aliphatic heterocycles. The van der Waals surface area contributed by atoms with Gasteiger partial charge in [-0.25, -0.2) is 0 Å². The van der Waals surface area contributed by atoms with Gasteiger partial charge in [0.05, 0.1) is 13.0 Å². The fraction of sp³-hybridized carbons (Fsp3) is 0.364. The van der Waals surface area contributed by atoms with Gasteiger partial charge in [0.1, 0.15) is 10.4 Å². The zero-order valence-corrected chi connectivity index (χ0v) is 10.2. The Hall–Kier alpha value is -1.03. The minimum Gasteiger partial charge on any atom is -0.497 e. The van der Waals surface area contributed by atoms with E-state index in [1.807, 2.05) is 24.3 Å². The smallest absolute Gasteiger partial charge is 0.161 e. The lowest BCUT2D eigenvalue weighted by Gasteiger charge is -2.13. The van der Waals surface area contributed by atoms with Gasteiger partial charge in [-0.15, -0.1) is 0 Å². The van der Waals surface area contributed by atoms with Gasteiger partial charge in [-0.1, -0.05) is 24.2 Å². The van der Waals surface area contributed by atoms with Crippen LogP contribution in [0.1, 0.15) is 18.6 Å². The van der Waals surface area contributed by atoms with Crippen molar-refractivity contribution in [3.05, 3.63) is 29.8 Å². The number of nitrogens with zero attached hydrogens (tertiary/aromatic N) is 1. The first-order valence-electron chi connectivity index (χ1n) is 4.75. The van der Waals surface area contributed by atoms with Crippen molar-refractivity contribution in [1.29, 1.82) is 0 Å². The summed E-state index contributed by atoms with van der Waals surface area (Å²) in [6.45, 7) is 2.08. The maximum absolute atomic E-state index is 5.34. The molecule has 0 aliphatic carbocycles. The molecule has 1 aromatic rings. The van der Waals surface area contributed by atoms with Crippen molar-refractivity contribution in [2.24, 2.45) is 11.1 Å². The van der Waals surface area contributed by atoms with Crippen LogP contribution < -0.4 is 4.74 Å². The van der Waals surface area contributed by atoms with Crippen LogP contribution >= 0.6 is 15.9 Å². The van der Waals surface area contributed by atoms with Crippen LogP contribution in [-0.2, 0) is 4.84 Å². The SMILES string of the molecule is COc1ccc(C2ON=C(Br)C2C)cc1. The molecule has 1 heterocycles. The highest BCUT2D eigenvalue weighted by atomic mass is 79.9. The summed E-state index contributed by atoms with van der Waals surface area (Å²) in [5, 5.41) is 3.92. The largest absolute Gasteiger partial charge is 0.497 e. The van der Waals surface area contributed by atoms with Crippen molar-refractivity contribution in [2.45, 2.75) is 13.0 Å². The Balaban J connectivity index is 2.17. The van der Waals surface area contributed by atoms with Crippen LogP contribution in [0.2, 0.25) is 0 Å². The molecule has 0 bridgehead atoms. The number of halogens is 1. The lowest BCUT2D eigenvalue weighted by atomic mass is 9.99. The first kappa shape index (κ1) is 10.5. The van der Waals surface area contributed by atoms with Crippen LogP contribution in [0.4, 0.5) is 0 Å². The Bertz CT molecular complexity index is 375. The van der Waals surface area contributed by atoms with Gasteiger partial charge in [-0.3, -0.25) is 0 Å². The highest BCUT2D eigenvalue weighted by Crippen LogP contribution is 2.34. The summed E-state index contributed by atoms with van der Waals surface area (Å²) < 4.78 is 5.97. The Morgan fingerprint density at radius 2 is 2.00 bits per heavy atom. The number of hydrogen-bond acceptors (Lipinski definition) is 3. The predicted molar refractivity (Wildman–Crippen MR) is 62.3 cm³/mol. The number of hydrogen-bond donors (Lipinski definition) is 0. The van der Waals surface area contributed by atoms with E-state index in [2.05, 4.69) is 28.0 Å². The molecule has 2 unspecified atom stereocenters. The minimum atomic E-state index is 0.00489. The monoisotopic (exact) mass is 269 g/mol. The van der Waals surface area contributed by atoms with Crippen molar-refractivity contribution >= 4 is 20.6 Å². The molecule has 3 nitrogen and oxygen atoms in total. The normalized spacial score (nSPS) is 24.6. The second-order valence-corrected chi connectivity index (χ2v) is 4.31. The van der Waals surface area contributed by atoms with Crippen molar-refractivity contribution in [3.63, 3.8) is 0 Å². The molecule has 0 aromatic heterocycles. The third-order valence-corrected chi connectivity index (χ3v) is 3.39. The van der Waals surface area contributed by atoms with Crippen molar-refractivity contribution < 1.29 is 9.57 Å². The number of rotatable bonds is 2. The topological polar surface area (TPSA) is 30.8 Å².